The number of aryl methyl sites for hydroxylation is 1. The lowest BCUT2D eigenvalue weighted by atomic mass is 9.97. The van der Waals surface area contributed by atoms with Gasteiger partial charge in [0.1, 0.15) is 0 Å². The summed E-state index contributed by atoms with van der Waals surface area (Å²) in [7, 11) is 0. The minimum Gasteiger partial charge on any atom is -0.396 e. The first-order valence-corrected chi connectivity index (χ1v) is 6.22. The SMILES string of the molecule is Cc1ccccc1C(NCCCO)C1CC1. The molecule has 1 aliphatic carbocycles. The van der Waals surface area contributed by atoms with E-state index < -0.39 is 0 Å². The van der Waals surface area contributed by atoms with E-state index in [4.69, 9.17) is 5.11 Å². The van der Waals surface area contributed by atoms with Gasteiger partial charge in [-0.15, -0.1) is 0 Å². The highest BCUT2D eigenvalue weighted by atomic mass is 16.3. The van der Waals surface area contributed by atoms with Gasteiger partial charge in [0, 0.05) is 12.6 Å². The molecule has 16 heavy (non-hydrogen) atoms. The Balaban J connectivity index is 2.04. The van der Waals surface area contributed by atoms with E-state index in [-0.39, 0.29) is 6.61 Å². The molecule has 0 saturated heterocycles. The molecule has 1 saturated carbocycles. The van der Waals surface area contributed by atoms with Gasteiger partial charge in [0.25, 0.3) is 0 Å². The Kier molecular flexibility index (Phi) is 3.97. The summed E-state index contributed by atoms with van der Waals surface area (Å²) in [5.74, 6) is 0.805. The number of hydrogen-bond donors (Lipinski definition) is 2. The number of nitrogens with one attached hydrogen (secondary N) is 1. The van der Waals surface area contributed by atoms with Gasteiger partial charge in [0.15, 0.2) is 0 Å². The van der Waals surface area contributed by atoms with E-state index in [0.717, 1.165) is 18.9 Å². The van der Waals surface area contributed by atoms with Crippen LogP contribution in [0, 0.1) is 12.8 Å². The number of aliphatic hydroxyl groups excluding tert-OH is 1. The van der Waals surface area contributed by atoms with E-state index in [1.165, 1.54) is 24.0 Å². The van der Waals surface area contributed by atoms with Gasteiger partial charge >= 0.3 is 0 Å². The second-order valence-electron chi connectivity index (χ2n) is 4.70. The molecular formula is C14H21NO. The van der Waals surface area contributed by atoms with Gasteiger partial charge < -0.3 is 10.4 Å². The van der Waals surface area contributed by atoms with Crippen molar-refractivity contribution in [2.24, 2.45) is 5.92 Å². The molecule has 1 aromatic carbocycles. The van der Waals surface area contributed by atoms with Gasteiger partial charge in [-0.1, -0.05) is 24.3 Å². The maximum atomic E-state index is 8.82. The Morgan fingerprint density at radius 2 is 2.12 bits per heavy atom. The second-order valence-corrected chi connectivity index (χ2v) is 4.70. The third kappa shape index (κ3) is 2.83. The summed E-state index contributed by atoms with van der Waals surface area (Å²) in [6.07, 6.45) is 3.52. The normalized spacial score (nSPS) is 17.4. The zero-order valence-corrected chi connectivity index (χ0v) is 9.95. The molecular weight excluding hydrogens is 198 g/mol. The van der Waals surface area contributed by atoms with Crippen molar-refractivity contribution in [1.29, 1.82) is 0 Å². The molecule has 0 spiro atoms. The van der Waals surface area contributed by atoms with Crippen molar-refractivity contribution in [3.63, 3.8) is 0 Å². The molecule has 88 valence electrons. The van der Waals surface area contributed by atoms with Crippen molar-refractivity contribution < 1.29 is 5.11 Å². The van der Waals surface area contributed by atoms with Crippen LogP contribution in [0.15, 0.2) is 24.3 Å². The van der Waals surface area contributed by atoms with Crippen LogP contribution in [0.2, 0.25) is 0 Å². The van der Waals surface area contributed by atoms with Crippen molar-refractivity contribution in [3.05, 3.63) is 35.4 Å². The first-order chi connectivity index (χ1) is 7.83. The first kappa shape index (κ1) is 11.6. The van der Waals surface area contributed by atoms with Gasteiger partial charge in [-0.25, -0.2) is 0 Å². The Morgan fingerprint density at radius 3 is 2.75 bits per heavy atom. The van der Waals surface area contributed by atoms with E-state index in [9.17, 15) is 0 Å². The van der Waals surface area contributed by atoms with Gasteiger partial charge in [0.2, 0.25) is 0 Å². The Labute approximate surface area is 97.7 Å². The molecule has 2 heteroatoms. The number of aliphatic hydroxyl groups is 1. The summed E-state index contributed by atoms with van der Waals surface area (Å²) in [4.78, 5) is 0. The van der Waals surface area contributed by atoms with Crippen LogP contribution < -0.4 is 5.32 Å². The van der Waals surface area contributed by atoms with E-state index in [1.54, 1.807) is 0 Å². The minimum absolute atomic E-state index is 0.276. The largest absolute Gasteiger partial charge is 0.396 e. The number of benzene rings is 1. The molecule has 0 aliphatic heterocycles. The van der Waals surface area contributed by atoms with Crippen molar-refractivity contribution in [2.75, 3.05) is 13.2 Å². The predicted octanol–water partition coefficient (Wildman–Crippen LogP) is 2.42. The molecule has 2 rings (SSSR count). The minimum atomic E-state index is 0.276. The summed E-state index contributed by atoms with van der Waals surface area (Å²) in [5, 5.41) is 12.4. The van der Waals surface area contributed by atoms with Gasteiger partial charge in [0.05, 0.1) is 0 Å². The van der Waals surface area contributed by atoms with E-state index >= 15 is 0 Å². The number of rotatable bonds is 6. The summed E-state index contributed by atoms with van der Waals surface area (Å²) in [6.45, 7) is 3.36. The summed E-state index contributed by atoms with van der Waals surface area (Å²) < 4.78 is 0. The van der Waals surface area contributed by atoms with E-state index in [1.807, 2.05) is 0 Å². The topological polar surface area (TPSA) is 32.3 Å². The van der Waals surface area contributed by atoms with Crippen LogP contribution >= 0.6 is 0 Å². The molecule has 0 aromatic heterocycles. The molecule has 0 bridgehead atoms. The highest BCUT2D eigenvalue weighted by Gasteiger charge is 2.32. The molecule has 1 unspecified atom stereocenters. The van der Waals surface area contributed by atoms with Crippen LogP contribution in [0.4, 0.5) is 0 Å². The van der Waals surface area contributed by atoms with Crippen LogP contribution in [0.1, 0.15) is 36.4 Å². The van der Waals surface area contributed by atoms with Gasteiger partial charge in [-0.2, -0.15) is 0 Å². The third-order valence-corrected chi connectivity index (χ3v) is 3.32. The van der Waals surface area contributed by atoms with E-state index in [2.05, 4.69) is 36.5 Å². The van der Waals surface area contributed by atoms with Crippen molar-refractivity contribution in [3.8, 4) is 0 Å². The number of hydrogen-bond acceptors (Lipinski definition) is 2. The fourth-order valence-corrected chi connectivity index (χ4v) is 2.23. The molecule has 2 nitrogen and oxygen atoms in total. The standard InChI is InChI=1S/C14H21NO/c1-11-5-2-3-6-13(11)14(12-7-8-12)15-9-4-10-16/h2-3,5-6,12,14-16H,4,7-10H2,1H3. The molecule has 1 fully saturated rings. The molecule has 1 aliphatic rings. The van der Waals surface area contributed by atoms with E-state index in [0.29, 0.717) is 6.04 Å². The first-order valence-electron chi connectivity index (χ1n) is 6.22. The van der Waals surface area contributed by atoms with Gasteiger partial charge in [-0.05, 0) is 49.8 Å². The zero-order chi connectivity index (χ0) is 11.4. The molecule has 0 heterocycles. The summed E-state index contributed by atoms with van der Waals surface area (Å²) in [6, 6.07) is 9.11. The third-order valence-electron chi connectivity index (χ3n) is 3.32. The fraction of sp³-hybridized carbons (Fsp3) is 0.571. The lowest BCUT2D eigenvalue weighted by molar-refractivity contribution is 0.281. The zero-order valence-electron chi connectivity index (χ0n) is 9.95. The van der Waals surface area contributed by atoms with Crippen LogP contribution in [0.25, 0.3) is 0 Å². The van der Waals surface area contributed by atoms with Gasteiger partial charge in [-0.3, -0.25) is 0 Å². The Hall–Kier alpha value is -0.860. The quantitative estimate of drug-likeness (QED) is 0.720. The highest BCUT2D eigenvalue weighted by Crippen LogP contribution is 2.41. The van der Waals surface area contributed by atoms with Crippen LogP contribution in [-0.2, 0) is 0 Å². The Morgan fingerprint density at radius 1 is 1.38 bits per heavy atom. The fourth-order valence-electron chi connectivity index (χ4n) is 2.23. The summed E-state index contributed by atoms with van der Waals surface area (Å²) >= 11 is 0. The molecule has 2 N–H and O–H groups in total. The Bertz CT molecular complexity index is 333. The van der Waals surface area contributed by atoms with Crippen LogP contribution in [-0.4, -0.2) is 18.3 Å². The van der Waals surface area contributed by atoms with Crippen LogP contribution in [0.5, 0.6) is 0 Å². The molecule has 0 radical (unpaired) electrons. The lowest BCUT2D eigenvalue weighted by Gasteiger charge is -2.20. The maximum absolute atomic E-state index is 8.82. The van der Waals surface area contributed by atoms with Crippen molar-refractivity contribution >= 4 is 0 Å². The van der Waals surface area contributed by atoms with Crippen molar-refractivity contribution in [1.82, 2.24) is 5.32 Å². The molecule has 0 amide bonds. The predicted molar refractivity (Wildman–Crippen MR) is 66.3 cm³/mol. The maximum Gasteiger partial charge on any atom is 0.0443 e. The molecule has 1 aromatic rings. The summed E-state index contributed by atoms with van der Waals surface area (Å²) in [5.41, 5.74) is 2.80. The average Bonchev–Trinajstić information content (AvgIpc) is 3.10. The highest BCUT2D eigenvalue weighted by molar-refractivity contribution is 5.30. The second kappa shape index (κ2) is 5.46. The lowest BCUT2D eigenvalue weighted by Crippen LogP contribution is -2.25. The monoisotopic (exact) mass is 219 g/mol. The average molecular weight is 219 g/mol. The smallest absolute Gasteiger partial charge is 0.0443 e. The molecule has 1 atom stereocenters. The van der Waals surface area contributed by atoms with Crippen LogP contribution in [0.3, 0.4) is 0 Å². The van der Waals surface area contributed by atoms with Crippen molar-refractivity contribution in [2.45, 2.75) is 32.2 Å².